The van der Waals surface area contributed by atoms with Crippen LogP contribution in [0.15, 0.2) is 10.8 Å². The molecule has 0 atom stereocenters. The molecule has 0 bridgehead atoms. The van der Waals surface area contributed by atoms with Gasteiger partial charge in [-0.25, -0.2) is 0 Å². The summed E-state index contributed by atoms with van der Waals surface area (Å²) < 4.78 is 0. The largest absolute Gasteiger partial charge is 0.289 e. The van der Waals surface area contributed by atoms with E-state index in [9.17, 15) is 4.79 Å². The van der Waals surface area contributed by atoms with Crippen molar-refractivity contribution in [3.05, 3.63) is 21.9 Å². The highest BCUT2D eigenvalue weighted by atomic mass is 32.1. The first-order valence-corrected chi connectivity index (χ1v) is 3.77. The van der Waals surface area contributed by atoms with Gasteiger partial charge in [-0.15, -0.1) is 0 Å². The third-order valence-electron chi connectivity index (χ3n) is 1.12. The van der Waals surface area contributed by atoms with Crippen molar-refractivity contribution in [1.29, 1.82) is 0 Å². The topological polar surface area (TPSA) is 17.1 Å². The van der Waals surface area contributed by atoms with Gasteiger partial charge >= 0.3 is 0 Å². The molecule has 1 rings (SSSR count). The molecule has 1 nitrogen and oxygen atoms in total. The van der Waals surface area contributed by atoms with E-state index in [0.717, 1.165) is 11.1 Å². The Kier molecular flexibility index (Phi) is 2.24. The molecule has 10 heavy (non-hydrogen) atoms. The van der Waals surface area contributed by atoms with Crippen molar-refractivity contribution in [2.75, 3.05) is 0 Å². The lowest BCUT2D eigenvalue weighted by atomic mass is 10.2. The molecule has 0 unspecified atom stereocenters. The highest BCUT2D eigenvalue weighted by Gasteiger charge is 1.91. The molecule has 0 aliphatic rings. The summed E-state index contributed by atoms with van der Waals surface area (Å²) in [6.07, 6.45) is 0.608. The molecule has 0 N–H and O–H groups in total. The van der Waals surface area contributed by atoms with Crippen LogP contribution >= 0.6 is 11.3 Å². The fourth-order valence-corrected chi connectivity index (χ4v) is 1.38. The van der Waals surface area contributed by atoms with Gasteiger partial charge in [0.05, 0.1) is 0 Å². The number of aldehydes is 1. The molecule has 1 aromatic rings. The molecule has 2 heteroatoms. The van der Waals surface area contributed by atoms with Gasteiger partial charge in [-0.2, -0.15) is 11.3 Å². The van der Waals surface area contributed by atoms with Crippen molar-refractivity contribution in [2.45, 2.75) is 6.92 Å². The number of carbonyl (C=O) groups is 1. The monoisotopic (exact) mass is 150 g/mol. The van der Waals surface area contributed by atoms with Crippen LogP contribution in [0, 0.1) is 18.8 Å². The van der Waals surface area contributed by atoms with E-state index in [1.165, 1.54) is 0 Å². The summed E-state index contributed by atoms with van der Waals surface area (Å²) in [4.78, 5) is 9.84. The van der Waals surface area contributed by atoms with E-state index < -0.39 is 0 Å². The van der Waals surface area contributed by atoms with Crippen LogP contribution in [0.5, 0.6) is 0 Å². The fraction of sp³-hybridized carbons (Fsp3) is 0.125. The molecular weight excluding hydrogens is 144 g/mol. The Bertz CT molecular complexity index is 288. The lowest BCUT2D eigenvalue weighted by molar-refractivity contribution is -0.103. The lowest BCUT2D eigenvalue weighted by Crippen LogP contribution is -1.71. The zero-order valence-electron chi connectivity index (χ0n) is 5.55. The van der Waals surface area contributed by atoms with E-state index in [0.29, 0.717) is 6.29 Å². The van der Waals surface area contributed by atoms with Crippen LogP contribution in [0.4, 0.5) is 0 Å². The average molecular weight is 150 g/mol. The highest BCUT2D eigenvalue weighted by molar-refractivity contribution is 7.08. The average Bonchev–Trinajstić information content (AvgIpc) is 2.31. The fourth-order valence-electron chi connectivity index (χ4n) is 0.596. The van der Waals surface area contributed by atoms with Gasteiger partial charge in [0.15, 0.2) is 6.29 Å². The normalized spacial score (nSPS) is 8.10. The number of thiophene rings is 1. The molecule has 0 amide bonds. The van der Waals surface area contributed by atoms with Crippen molar-refractivity contribution >= 4 is 17.6 Å². The Morgan fingerprint density at radius 1 is 1.60 bits per heavy atom. The summed E-state index contributed by atoms with van der Waals surface area (Å²) in [6.45, 7) is 1.98. The van der Waals surface area contributed by atoms with Gasteiger partial charge in [0.1, 0.15) is 0 Å². The second kappa shape index (κ2) is 3.19. The van der Waals surface area contributed by atoms with E-state index in [1.807, 2.05) is 17.7 Å². The Labute approximate surface area is 63.7 Å². The third kappa shape index (κ3) is 1.46. The number of rotatable bonds is 0. The summed E-state index contributed by atoms with van der Waals surface area (Å²) in [7, 11) is 0. The molecule has 0 aliphatic carbocycles. The number of hydrogen-bond acceptors (Lipinski definition) is 2. The molecule has 0 aromatic carbocycles. The first-order valence-electron chi connectivity index (χ1n) is 2.82. The van der Waals surface area contributed by atoms with Gasteiger partial charge in [-0.1, -0.05) is 5.92 Å². The van der Waals surface area contributed by atoms with Crippen LogP contribution in [0.2, 0.25) is 0 Å². The predicted molar refractivity (Wildman–Crippen MR) is 42.0 cm³/mol. The minimum atomic E-state index is 0.608. The van der Waals surface area contributed by atoms with Crippen LogP contribution in [-0.4, -0.2) is 6.29 Å². The Balaban J connectivity index is 2.94. The first kappa shape index (κ1) is 7.04. The lowest BCUT2D eigenvalue weighted by Gasteiger charge is -1.80. The quantitative estimate of drug-likeness (QED) is 0.405. The van der Waals surface area contributed by atoms with Gasteiger partial charge in [0, 0.05) is 10.9 Å². The molecule has 0 aliphatic heterocycles. The second-order valence-corrected chi connectivity index (χ2v) is 2.60. The summed E-state index contributed by atoms with van der Waals surface area (Å²) >= 11 is 1.60. The molecule has 0 saturated heterocycles. The maximum Gasteiger partial charge on any atom is 0.193 e. The minimum Gasteiger partial charge on any atom is -0.289 e. The van der Waals surface area contributed by atoms with Crippen molar-refractivity contribution in [2.24, 2.45) is 0 Å². The Morgan fingerprint density at radius 2 is 2.40 bits per heavy atom. The van der Waals surface area contributed by atoms with E-state index in [1.54, 1.807) is 11.3 Å². The molecule has 1 heterocycles. The maximum absolute atomic E-state index is 9.84. The molecule has 50 valence electrons. The van der Waals surface area contributed by atoms with Crippen molar-refractivity contribution in [1.82, 2.24) is 0 Å². The molecule has 0 saturated carbocycles. The SMILES string of the molecule is Cc1cscc1C#CC=O. The van der Waals surface area contributed by atoms with Crippen molar-refractivity contribution in [3.63, 3.8) is 0 Å². The second-order valence-electron chi connectivity index (χ2n) is 1.86. The first-order chi connectivity index (χ1) is 4.84. The number of hydrogen-bond donors (Lipinski definition) is 0. The van der Waals surface area contributed by atoms with Crippen LogP contribution in [0.1, 0.15) is 11.1 Å². The number of aryl methyl sites for hydroxylation is 1. The smallest absolute Gasteiger partial charge is 0.193 e. The van der Waals surface area contributed by atoms with Crippen LogP contribution in [0.25, 0.3) is 0 Å². The molecular formula is C8H6OS. The molecule has 0 radical (unpaired) electrons. The summed E-state index contributed by atoms with van der Waals surface area (Å²) in [6, 6.07) is 0. The third-order valence-corrected chi connectivity index (χ3v) is 1.98. The van der Waals surface area contributed by atoms with Gasteiger partial charge in [0.25, 0.3) is 0 Å². The summed E-state index contributed by atoms with van der Waals surface area (Å²) in [5.74, 6) is 5.10. The van der Waals surface area contributed by atoms with Gasteiger partial charge in [-0.3, -0.25) is 4.79 Å². The van der Waals surface area contributed by atoms with Crippen LogP contribution in [-0.2, 0) is 4.79 Å². The van der Waals surface area contributed by atoms with Crippen LogP contribution < -0.4 is 0 Å². The Hall–Kier alpha value is -1.07. The Morgan fingerprint density at radius 3 is 2.90 bits per heavy atom. The molecule has 0 fully saturated rings. The van der Waals surface area contributed by atoms with Crippen molar-refractivity contribution < 1.29 is 4.79 Å². The summed E-state index contributed by atoms with van der Waals surface area (Å²) in [5.41, 5.74) is 2.09. The van der Waals surface area contributed by atoms with E-state index in [-0.39, 0.29) is 0 Å². The minimum absolute atomic E-state index is 0.608. The summed E-state index contributed by atoms with van der Waals surface area (Å²) in [5, 5.41) is 3.95. The van der Waals surface area contributed by atoms with Crippen LogP contribution in [0.3, 0.4) is 0 Å². The molecule has 1 aromatic heterocycles. The highest BCUT2D eigenvalue weighted by Crippen LogP contribution is 2.11. The maximum atomic E-state index is 9.84. The van der Waals surface area contributed by atoms with Crippen molar-refractivity contribution in [3.8, 4) is 11.8 Å². The standard InChI is InChI=1S/C8H6OS/c1-7-5-10-6-8(7)3-2-4-9/h4-6H,1H3. The van der Waals surface area contributed by atoms with E-state index >= 15 is 0 Å². The van der Waals surface area contributed by atoms with Gasteiger partial charge in [0.2, 0.25) is 0 Å². The van der Waals surface area contributed by atoms with E-state index in [2.05, 4.69) is 11.8 Å². The zero-order chi connectivity index (χ0) is 7.40. The van der Waals surface area contributed by atoms with Gasteiger partial charge in [-0.05, 0) is 23.8 Å². The number of carbonyl (C=O) groups excluding carboxylic acids is 1. The van der Waals surface area contributed by atoms with E-state index in [4.69, 9.17) is 0 Å². The zero-order valence-corrected chi connectivity index (χ0v) is 6.37. The van der Waals surface area contributed by atoms with Gasteiger partial charge < -0.3 is 0 Å². The molecule has 0 spiro atoms. The predicted octanol–water partition coefficient (Wildman–Crippen LogP) is 1.61.